The van der Waals surface area contributed by atoms with Gasteiger partial charge in [-0.05, 0) is 43.5 Å². The molecule has 1 aliphatic rings. The summed E-state index contributed by atoms with van der Waals surface area (Å²) in [5.74, 6) is 0.254. The molecule has 7 heteroatoms. The summed E-state index contributed by atoms with van der Waals surface area (Å²) in [6.45, 7) is 1.84. The van der Waals surface area contributed by atoms with Gasteiger partial charge in [0.05, 0.1) is 10.7 Å². The van der Waals surface area contributed by atoms with E-state index in [9.17, 15) is 4.79 Å². The molecular weight excluding hydrogens is 335 g/mol. The first-order valence-electron chi connectivity index (χ1n) is 7.48. The van der Waals surface area contributed by atoms with Crippen molar-refractivity contribution in [2.45, 2.75) is 19.3 Å². The van der Waals surface area contributed by atoms with E-state index < -0.39 is 0 Å². The number of hydrogen-bond donors (Lipinski definition) is 1. The fraction of sp³-hybridized carbons (Fsp3) is 0.312. The van der Waals surface area contributed by atoms with Crippen molar-refractivity contribution in [1.29, 1.82) is 0 Å². The van der Waals surface area contributed by atoms with Gasteiger partial charge in [0.25, 0.3) is 5.91 Å². The van der Waals surface area contributed by atoms with Gasteiger partial charge in [0.2, 0.25) is 5.95 Å². The van der Waals surface area contributed by atoms with Gasteiger partial charge in [-0.3, -0.25) is 4.79 Å². The Hall–Kier alpha value is -1.85. The Morgan fingerprint density at radius 2 is 1.91 bits per heavy atom. The minimum atomic E-state index is -0.338. The number of piperidine rings is 1. The third-order valence-corrected chi connectivity index (χ3v) is 4.26. The Morgan fingerprint density at radius 3 is 2.70 bits per heavy atom. The van der Waals surface area contributed by atoms with Gasteiger partial charge in [0.1, 0.15) is 5.69 Å². The molecule has 0 radical (unpaired) electrons. The normalized spacial score (nSPS) is 14.6. The Labute approximate surface area is 144 Å². The van der Waals surface area contributed by atoms with Crippen LogP contribution < -0.4 is 10.2 Å². The van der Waals surface area contributed by atoms with Crippen LogP contribution in [0.25, 0.3) is 0 Å². The number of benzene rings is 1. The molecule has 5 nitrogen and oxygen atoms in total. The van der Waals surface area contributed by atoms with Crippen LogP contribution in [0.5, 0.6) is 0 Å². The van der Waals surface area contributed by atoms with Crippen molar-refractivity contribution in [2.75, 3.05) is 23.3 Å². The molecule has 1 amide bonds. The van der Waals surface area contributed by atoms with E-state index in [1.54, 1.807) is 30.5 Å². The number of anilines is 2. The van der Waals surface area contributed by atoms with Gasteiger partial charge in [-0.15, -0.1) is 0 Å². The Morgan fingerprint density at radius 1 is 1.13 bits per heavy atom. The minimum Gasteiger partial charge on any atom is -0.341 e. The molecule has 2 aromatic rings. The van der Waals surface area contributed by atoms with Crippen LogP contribution >= 0.6 is 23.2 Å². The van der Waals surface area contributed by atoms with E-state index in [1.807, 2.05) is 0 Å². The lowest BCUT2D eigenvalue weighted by Crippen LogP contribution is -2.31. The molecule has 0 aliphatic carbocycles. The van der Waals surface area contributed by atoms with Crippen molar-refractivity contribution in [1.82, 2.24) is 9.97 Å². The molecule has 0 bridgehead atoms. The number of carbonyl (C=O) groups is 1. The summed E-state index contributed by atoms with van der Waals surface area (Å²) in [6, 6.07) is 6.49. The number of carbonyl (C=O) groups excluding carboxylic acids is 1. The molecule has 1 aromatic carbocycles. The molecule has 0 atom stereocenters. The summed E-state index contributed by atoms with van der Waals surface area (Å²) < 4.78 is 0. The van der Waals surface area contributed by atoms with Gasteiger partial charge in [0, 0.05) is 24.3 Å². The van der Waals surface area contributed by atoms with E-state index in [2.05, 4.69) is 20.2 Å². The molecule has 0 spiro atoms. The van der Waals surface area contributed by atoms with Gasteiger partial charge in [-0.1, -0.05) is 23.2 Å². The SMILES string of the molecule is O=C(Nc1cc(Cl)ccc1Cl)c1ccnc(N2CCCCC2)n1. The predicted molar refractivity (Wildman–Crippen MR) is 92.5 cm³/mol. The van der Waals surface area contributed by atoms with E-state index in [-0.39, 0.29) is 5.91 Å². The van der Waals surface area contributed by atoms with E-state index in [1.165, 1.54) is 6.42 Å². The van der Waals surface area contributed by atoms with Crippen LogP contribution in [0.15, 0.2) is 30.5 Å². The topological polar surface area (TPSA) is 58.1 Å². The van der Waals surface area contributed by atoms with Gasteiger partial charge in [-0.2, -0.15) is 0 Å². The number of rotatable bonds is 3. The Kier molecular flexibility index (Phi) is 4.98. The van der Waals surface area contributed by atoms with Crippen LogP contribution in [0, 0.1) is 0 Å². The van der Waals surface area contributed by atoms with Crippen LogP contribution in [0.2, 0.25) is 10.0 Å². The quantitative estimate of drug-likeness (QED) is 0.907. The number of hydrogen-bond acceptors (Lipinski definition) is 4. The molecule has 1 N–H and O–H groups in total. The number of aromatic nitrogens is 2. The third kappa shape index (κ3) is 3.92. The second-order valence-electron chi connectivity index (χ2n) is 5.37. The molecule has 1 saturated heterocycles. The number of nitrogens with one attached hydrogen (secondary N) is 1. The van der Waals surface area contributed by atoms with Crippen LogP contribution in [0.4, 0.5) is 11.6 Å². The monoisotopic (exact) mass is 350 g/mol. The van der Waals surface area contributed by atoms with Crippen LogP contribution in [0.3, 0.4) is 0 Å². The highest BCUT2D eigenvalue weighted by Gasteiger charge is 2.16. The maximum atomic E-state index is 12.4. The fourth-order valence-corrected chi connectivity index (χ4v) is 2.84. The van der Waals surface area contributed by atoms with E-state index in [0.29, 0.717) is 27.4 Å². The minimum absolute atomic E-state index is 0.302. The number of nitrogens with zero attached hydrogens (tertiary/aromatic N) is 3. The van der Waals surface area contributed by atoms with Crippen molar-refractivity contribution in [3.63, 3.8) is 0 Å². The lowest BCUT2D eigenvalue weighted by Gasteiger charge is -2.26. The second-order valence-corrected chi connectivity index (χ2v) is 6.21. The van der Waals surface area contributed by atoms with Crippen molar-refractivity contribution >= 4 is 40.7 Å². The van der Waals surface area contributed by atoms with Gasteiger partial charge in [0.15, 0.2) is 0 Å². The maximum absolute atomic E-state index is 12.4. The van der Waals surface area contributed by atoms with Gasteiger partial charge >= 0.3 is 0 Å². The summed E-state index contributed by atoms with van der Waals surface area (Å²) in [4.78, 5) is 23.1. The van der Waals surface area contributed by atoms with Crippen LogP contribution in [-0.4, -0.2) is 29.0 Å². The molecule has 120 valence electrons. The Balaban J connectivity index is 1.78. The summed E-state index contributed by atoms with van der Waals surface area (Å²) in [6.07, 6.45) is 5.07. The Bertz CT molecular complexity index is 717. The number of amides is 1. The molecule has 0 unspecified atom stereocenters. The third-order valence-electron chi connectivity index (χ3n) is 3.69. The lowest BCUT2D eigenvalue weighted by atomic mass is 10.1. The first-order chi connectivity index (χ1) is 11.1. The summed E-state index contributed by atoms with van der Waals surface area (Å²) in [7, 11) is 0. The molecular formula is C16H16Cl2N4O. The average Bonchev–Trinajstić information content (AvgIpc) is 2.59. The average molecular weight is 351 g/mol. The fourth-order valence-electron chi connectivity index (χ4n) is 2.50. The second kappa shape index (κ2) is 7.15. The largest absolute Gasteiger partial charge is 0.341 e. The standard InChI is InChI=1S/C16H16Cl2N4O/c17-11-4-5-12(18)14(10-11)20-15(23)13-6-7-19-16(21-13)22-8-2-1-3-9-22/h4-7,10H,1-3,8-9H2,(H,20,23). The highest BCUT2D eigenvalue weighted by molar-refractivity contribution is 6.35. The molecule has 2 heterocycles. The van der Waals surface area contributed by atoms with Crippen molar-refractivity contribution in [2.24, 2.45) is 0 Å². The highest BCUT2D eigenvalue weighted by atomic mass is 35.5. The molecule has 1 aromatic heterocycles. The van der Waals surface area contributed by atoms with E-state index in [4.69, 9.17) is 23.2 Å². The zero-order valence-electron chi connectivity index (χ0n) is 12.4. The molecule has 0 saturated carbocycles. The smallest absolute Gasteiger partial charge is 0.274 e. The van der Waals surface area contributed by atoms with Crippen molar-refractivity contribution < 1.29 is 4.79 Å². The van der Waals surface area contributed by atoms with Crippen LogP contribution in [0.1, 0.15) is 29.8 Å². The lowest BCUT2D eigenvalue weighted by molar-refractivity contribution is 0.102. The van der Waals surface area contributed by atoms with Crippen molar-refractivity contribution in [3.05, 3.63) is 46.2 Å². The maximum Gasteiger partial charge on any atom is 0.274 e. The van der Waals surface area contributed by atoms with E-state index >= 15 is 0 Å². The molecule has 23 heavy (non-hydrogen) atoms. The van der Waals surface area contributed by atoms with E-state index in [0.717, 1.165) is 25.9 Å². The summed E-state index contributed by atoms with van der Waals surface area (Å²) in [5, 5.41) is 3.66. The zero-order chi connectivity index (χ0) is 16.2. The summed E-state index contributed by atoms with van der Waals surface area (Å²) >= 11 is 12.0. The van der Waals surface area contributed by atoms with Gasteiger partial charge in [-0.25, -0.2) is 9.97 Å². The first-order valence-corrected chi connectivity index (χ1v) is 8.23. The van der Waals surface area contributed by atoms with Crippen molar-refractivity contribution in [3.8, 4) is 0 Å². The van der Waals surface area contributed by atoms with Crippen LogP contribution in [-0.2, 0) is 0 Å². The number of halogens is 2. The molecule has 1 fully saturated rings. The highest BCUT2D eigenvalue weighted by Crippen LogP contribution is 2.26. The summed E-state index contributed by atoms with van der Waals surface area (Å²) in [5.41, 5.74) is 0.763. The zero-order valence-corrected chi connectivity index (χ0v) is 13.9. The molecule has 3 rings (SSSR count). The first kappa shape index (κ1) is 16.0. The van der Waals surface area contributed by atoms with Gasteiger partial charge < -0.3 is 10.2 Å². The predicted octanol–water partition coefficient (Wildman–Crippen LogP) is 4.03. The molecule has 1 aliphatic heterocycles.